The van der Waals surface area contributed by atoms with E-state index in [4.69, 9.17) is 10.5 Å². The maximum absolute atomic E-state index is 12.5. The third kappa shape index (κ3) is 2.53. The van der Waals surface area contributed by atoms with Gasteiger partial charge in [-0.25, -0.2) is 0 Å². The van der Waals surface area contributed by atoms with Gasteiger partial charge in [0, 0.05) is 5.92 Å². The molecule has 2 fully saturated rings. The Kier molecular flexibility index (Phi) is 3.71. The van der Waals surface area contributed by atoms with Gasteiger partial charge in [0.15, 0.2) is 0 Å². The lowest BCUT2D eigenvalue weighted by atomic mass is 9.91. The largest absolute Gasteiger partial charge is 0.481 e. The highest BCUT2D eigenvalue weighted by atomic mass is 16.5. The maximum Gasteiger partial charge on any atom is 0.326 e. The van der Waals surface area contributed by atoms with Gasteiger partial charge in [-0.05, 0) is 56.2 Å². The molecule has 5 nitrogen and oxygen atoms in total. The van der Waals surface area contributed by atoms with Crippen molar-refractivity contribution in [3.8, 4) is 0 Å². The summed E-state index contributed by atoms with van der Waals surface area (Å²) in [5, 5.41) is 9.17. The zero-order chi connectivity index (χ0) is 16.9. The Morgan fingerprint density at radius 3 is 2.43 bits per heavy atom. The number of aryl methyl sites for hydroxylation is 3. The molecule has 0 unspecified atom stereocenters. The summed E-state index contributed by atoms with van der Waals surface area (Å²) < 4.78 is 5.48. The molecule has 3 rings (SSSR count). The van der Waals surface area contributed by atoms with Crippen molar-refractivity contribution in [3.05, 3.63) is 34.4 Å². The molecule has 1 aromatic carbocycles. The van der Waals surface area contributed by atoms with Crippen LogP contribution in [0.15, 0.2) is 12.1 Å². The summed E-state index contributed by atoms with van der Waals surface area (Å²) in [4.78, 5) is 23.7. The van der Waals surface area contributed by atoms with Crippen molar-refractivity contribution in [3.63, 3.8) is 0 Å². The second-order valence-electron chi connectivity index (χ2n) is 7.09. The minimum Gasteiger partial charge on any atom is -0.481 e. The number of carboxylic acid groups (broad SMARTS) is 1. The number of aliphatic carboxylic acids is 1. The number of benzene rings is 1. The van der Waals surface area contributed by atoms with E-state index in [-0.39, 0.29) is 18.4 Å². The van der Waals surface area contributed by atoms with Crippen molar-refractivity contribution in [1.82, 2.24) is 0 Å². The van der Waals surface area contributed by atoms with Crippen LogP contribution in [-0.2, 0) is 20.9 Å². The Bertz CT molecular complexity index is 661. The second kappa shape index (κ2) is 5.34. The van der Waals surface area contributed by atoms with Gasteiger partial charge in [0.2, 0.25) is 0 Å². The van der Waals surface area contributed by atoms with Gasteiger partial charge < -0.3 is 15.6 Å². The van der Waals surface area contributed by atoms with Crippen LogP contribution in [0, 0.1) is 38.5 Å². The molecule has 3 N–H and O–H groups in total. The molecule has 0 heterocycles. The van der Waals surface area contributed by atoms with Crippen LogP contribution in [0.1, 0.15) is 35.1 Å². The number of nitrogens with two attached hydrogens (primary N) is 1. The van der Waals surface area contributed by atoms with Gasteiger partial charge >= 0.3 is 11.9 Å². The Morgan fingerprint density at radius 1 is 1.30 bits per heavy atom. The third-order valence-electron chi connectivity index (χ3n) is 5.51. The summed E-state index contributed by atoms with van der Waals surface area (Å²) in [6.45, 7) is 6.20. The summed E-state index contributed by atoms with van der Waals surface area (Å²) in [7, 11) is 0. The molecular weight excluding hydrogens is 294 g/mol. The summed E-state index contributed by atoms with van der Waals surface area (Å²) in [6, 6.07) is 4.11. The van der Waals surface area contributed by atoms with Crippen LogP contribution in [0.5, 0.6) is 0 Å². The first-order valence-electron chi connectivity index (χ1n) is 8.01. The van der Waals surface area contributed by atoms with Gasteiger partial charge in [-0.2, -0.15) is 0 Å². The minimum absolute atomic E-state index is 0.0351. The Hall–Kier alpha value is -1.88. The lowest BCUT2D eigenvalue weighted by Crippen LogP contribution is -2.50. The average molecular weight is 317 g/mol. The fourth-order valence-corrected chi connectivity index (χ4v) is 4.29. The zero-order valence-corrected chi connectivity index (χ0v) is 13.8. The Labute approximate surface area is 135 Å². The summed E-state index contributed by atoms with van der Waals surface area (Å²) in [6.07, 6.45) is 1.20. The number of fused-ring (bicyclic) bond motifs is 1. The van der Waals surface area contributed by atoms with Gasteiger partial charge in [0.25, 0.3) is 0 Å². The number of carbonyl (C=O) groups excluding carboxylic acids is 1. The highest BCUT2D eigenvalue weighted by molar-refractivity contribution is 5.86. The zero-order valence-electron chi connectivity index (χ0n) is 13.8. The van der Waals surface area contributed by atoms with Gasteiger partial charge in [-0.3, -0.25) is 9.59 Å². The first kappa shape index (κ1) is 16.0. The molecule has 0 spiro atoms. The molecular formula is C18H23NO4. The van der Waals surface area contributed by atoms with Crippen LogP contribution < -0.4 is 5.73 Å². The van der Waals surface area contributed by atoms with Crippen molar-refractivity contribution in [1.29, 1.82) is 0 Å². The Morgan fingerprint density at radius 2 is 1.91 bits per heavy atom. The van der Waals surface area contributed by atoms with E-state index in [0.29, 0.717) is 12.8 Å². The van der Waals surface area contributed by atoms with Crippen molar-refractivity contribution in [2.45, 2.75) is 45.8 Å². The minimum atomic E-state index is -1.14. The van der Waals surface area contributed by atoms with E-state index in [2.05, 4.69) is 12.1 Å². The molecule has 23 heavy (non-hydrogen) atoms. The molecule has 0 radical (unpaired) electrons. The van der Waals surface area contributed by atoms with Crippen molar-refractivity contribution < 1.29 is 19.4 Å². The first-order valence-corrected chi connectivity index (χ1v) is 8.01. The highest BCUT2D eigenvalue weighted by Gasteiger charge is 2.70. The van der Waals surface area contributed by atoms with E-state index in [9.17, 15) is 14.7 Å². The van der Waals surface area contributed by atoms with E-state index in [1.54, 1.807) is 0 Å². The number of hydrogen-bond acceptors (Lipinski definition) is 4. The van der Waals surface area contributed by atoms with Crippen LogP contribution in [0.25, 0.3) is 0 Å². The molecule has 0 amide bonds. The average Bonchev–Trinajstić information content (AvgIpc) is 3.10. The molecule has 1 aromatic rings. The van der Waals surface area contributed by atoms with Crippen LogP contribution >= 0.6 is 0 Å². The number of ether oxygens (including phenoxy) is 1. The molecule has 124 valence electrons. The van der Waals surface area contributed by atoms with Crippen LogP contribution in [0.3, 0.4) is 0 Å². The van der Waals surface area contributed by atoms with E-state index >= 15 is 0 Å². The predicted molar refractivity (Wildman–Crippen MR) is 84.7 cm³/mol. The van der Waals surface area contributed by atoms with Gasteiger partial charge in [0.1, 0.15) is 12.1 Å². The molecule has 0 saturated heterocycles. The van der Waals surface area contributed by atoms with Crippen molar-refractivity contribution in [2.75, 3.05) is 0 Å². The molecule has 0 aliphatic heterocycles. The molecule has 0 aromatic heterocycles. The molecule has 2 aliphatic carbocycles. The topological polar surface area (TPSA) is 89.6 Å². The smallest absolute Gasteiger partial charge is 0.326 e. The lowest BCUT2D eigenvalue weighted by molar-refractivity contribution is -0.153. The maximum atomic E-state index is 12.5. The Balaban J connectivity index is 1.70. The SMILES string of the molecule is Cc1cc(C)c(COC(=O)[C@]2(N)CC[C@H]3[C@H](C(=O)O)[C@H]32)c(C)c1. The van der Waals surface area contributed by atoms with E-state index < -0.39 is 23.4 Å². The molecule has 2 saturated carbocycles. The number of hydrogen-bond donors (Lipinski definition) is 2. The molecule has 0 bridgehead atoms. The number of carbonyl (C=O) groups is 2. The number of carboxylic acids is 1. The normalized spacial score (nSPS) is 31.6. The fourth-order valence-electron chi connectivity index (χ4n) is 4.29. The summed E-state index contributed by atoms with van der Waals surface area (Å²) >= 11 is 0. The fraction of sp³-hybridized carbons (Fsp3) is 0.556. The highest BCUT2D eigenvalue weighted by Crippen LogP contribution is 2.61. The monoisotopic (exact) mass is 317 g/mol. The van der Waals surface area contributed by atoms with Gasteiger partial charge in [-0.15, -0.1) is 0 Å². The van der Waals surface area contributed by atoms with E-state index in [1.807, 2.05) is 20.8 Å². The number of esters is 1. The van der Waals surface area contributed by atoms with E-state index in [0.717, 1.165) is 16.7 Å². The molecule has 5 heteroatoms. The third-order valence-corrected chi connectivity index (χ3v) is 5.51. The summed E-state index contributed by atoms with van der Waals surface area (Å²) in [5.41, 5.74) is 9.44. The van der Waals surface area contributed by atoms with Crippen molar-refractivity contribution >= 4 is 11.9 Å². The molecule has 2 aliphatic rings. The van der Waals surface area contributed by atoms with Gasteiger partial charge in [-0.1, -0.05) is 17.7 Å². The standard InChI is InChI=1S/C18H23NO4/c1-9-6-10(2)13(11(3)7-9)8-23-17(22)18(19)5-4-12-14(15(12)18)16(20)21/h6-7,12,14-15H,4-5,8,19H2,1-3H3,(H,20,21)/t12-,14-,15-,18-/m0/s1. The van der Waals surface area contributed by atoms with E-state index in [1.165, 1.54) is 5.56 Å². The van der Waals surface area contributed by atoms with Gasteiger partial charge in [0.05, 0.1) is 5.92 Å². The predicted octanol–water partition coefficient (Wildman–Crippen LogP) is 2.09. The molecule has 4 atom stereocenters. The first-order chi connectivity index (χ1) is 10.8. The van der Waals surface area contributed by atoms with Crippen LogP contribution in [0.4, 0.5) is 0 Å². The second-order valence-corrected chi connectivity index (χ2v) is 7.09. The summed E-state index contributed by atoms with van der Waals surface area (Å²) in [5.74, 6) is -2.04. The van der Waals surface area contributed by atoms with Crippen LogP contribution in [0.2, 0.25) is 0 Å². The van der Waals surface area contributed by atoms with Crippen molar-refractivity contribution in [2.24, 2.45) is 23.5 Å². The quantitative estimate of drug-likeness (QED) is 0.830. The van der Waals surface area contributed by atoms with Crippen LogP contribution in [-0.4, -0.2) is 22.6 Å². The number of rotatable bonds is 4. The lowest BCUT2D eigenvalue weighted by Gasteiger charge is -2.25.